The summed E-state index contributed by atoms with van der Waals surface area (Å²) >= 11 is 0. The predicted molar refractivity (Wildman–Crippen MR) is 82.1 cm³/mol. The third-order valence-electron chi connectivity index (χ3n) is 3.96. The zero-order valence-electron chi connectivity index (χ0n) is 12.3. The Labute approximate surface area is 124 Å². The Hall–Kier alpha value is -2.10. The van der Waals surface area contributed by atoms with Crippen LogP contribution in [0.4, 0.5) is 0 Å². The van der Waals surface area contributed by atoms with Crippen molar-refractivity contribution in [2.45, 2.75) is 32.6 Å². The van der Waals surface area contributed by atoms with Crippen molar-refractivity contribution in [3.63, 3.8) is 0 Å². The van der Waals surface area contributed by atoms with Gasteiger partial charge in [0, 0.05) is 18.2 Å². The molecule has 2 rings (SSSR count). The molecule has 112 valence electrons. The van der Waals surface area contributed by atoms with Gasteiger partial charge < -0.3 is 10.4 Å². The summed E-state index contributed by atoms with van der Waals surface area (Å²) in [5, 5.41) is 11.6. The van der Waals surface area contributed by atoms with Crippen molar-refractivity contribution in [3.8, 4) is 0 Å². The molecule has 4 heteroatoms. The van der Waals surface area contributed by atoms with E-state index in [2.05, 4.69) is 5.32 Å². The average molecular weight is 287 g/mol. The molecule has 1 aliphatic carbocycles. The summed E-state index contributed by atoms with van der Waals surface area (Å²) in [5.41, 5.74) is 2.32. The molecule has 0 spiro atoms. The molecule has 1 fully saturated rings. The second-order valence-electron chi connectivity index (χ2n) is 5.60. The Morgan fingerprint density at radius 3 is 2.67 bits per heavy atom. The third kappa shape index (κ3) is 4.45. The van der Waals surface area contributed by atoms with Crippen LogP contribution < -0.4 is 5.32 Å². The molecule has 0 radical (unpaired) electrons. The highest BCUT2D eigenvalue weighted by atomic mass is 16.4. The van der Waals surface area contributed by atoms with E-state index in [1.54, 1.807) is 18.2 Å². The Morgan fingerprint density at radius 1 is 1.33 bits per heavy atom. The largest absolute Gasteiger partial charge is 0.478 e. The third-order valence-corrected chi connectivity index (χ3v) is 3.96. The molecule has 1 aromatic carbocycles. The molecule has 0 aliphatic heterocycles. The van der Waals surface area contributed by atoms with Crippen molar-refractivity contribution in [2.75, 3.05) is 6.54 Å². The summed E-state index contributed by atoms with van der Waals surface area (Å²) in [7, 11) is 0. The second kappa shape index (κ2) is 7.07. The van der Waals surface area contributed by atoms with Gasteiger partial charge in [-0.15, -0.1) is 0 Å². The number of carbonyl (C=O) groups excluding carboxylic acids is 1. The maximum absolute atomic E-state index is 12.1. The van der Waals surface area contributed by atoms with Crippen LogP contribution in [0, 0.1) is 12.8 Å². The smallest absolute Gasteiger partial charge is 0.328 e. The summed E-state index contributed by atoms with van der Waals surface area (Å²) in [6.45, 7) is 2.62. The number of carbonyl (C=O) groups is 2. The molecule has 1 aliphatic rings. The summed E-state index contributed by atoms with van der Waals surface area (Å²) < 4.78 is 0. The van der Waals surface area contributed by atoms with Crippen LogP contribution in [0.25, 0.3) is 6.08 Å². The maximum Gasteiger partial charge on any atom is 0.328 e. The van der Waals surface area contributed by atoms with E-state index >= 15 is 0 Å². The predicted octanol–water partition coefficient (Wildman–Crippen LogP) is 3.01. The first-order valence-corrected chi connectivity index (χ1v) is 7.36. The number of hydrogen-bond donors (Lipinski definition) is 2. The van der Waals surface area contributed by atoms with Gasteiger partial charge in [0.25, 0.3) is 5.91 Å². The fourth-order valence-corrected chi connectivity index (χ4v) is 2.72. The number of aliphatic carboxylic acids is 1. The van der Waals surface area contributed by atoms with Crippen LogP contribution in [-0.4, -0.2) is 23.5 Å². The molecule has 0 bridgehead atoms. The number of nitrogens with one attached hydrogen (secondary N) is 1. The van der Waals surface area contributed by atoms with Gasteiger partial charge in [0.15, 0.2) is 0 Å². The second-order valence-corrected chi connectivity index (χ2v) is 5.60. The van der Waals surface area contributed by atoms with E-state index in [1.165, 1.54) is 31.8 Å². The molecular formula is C17H21NO3. The van der Waals surface area contributed by atoms with Gasteiger partial charge in [0.2, 0.25) is 0 Å². The van der Waals surface area contributed by atoms with Gasteiger partial charge in [-0.1, -0.05) is 18.9 Å². The van der Waals surface area contributed by atoms with E-state index in [4.69, 9.17) is 5.11 Å². The fraction of sp³-hybridized carbons (Fsp3) is 0.412. The number of hydrogen-bond acceptors (Lipinski definition) is 2. The first kappa shape index (κ1) is 15.3. The molecule has 0 aromatic heterocycles. The lowest BCUT2D eigenvalue weighted by Crippen LogP contribution is -2.28. The number of rotatable bonds is 5. The Bertz CT molecular complexity index is 557. The minimum atomic E-state index is -0.979. The van der Waals surface area contributed by atoms with Crippen LogP contribution in [0.5, 0.6) is 0 Å². The SMILES string of the molecule is Cc1cc(C(=O)NCC2CCCC2)ccc1/C=C/C(=O)O. The Kier molecular flexibility index (Phi) is 5.14. The number of aryl methyl sites for hydroxylation is 1. The van der Waals surface area contributed by atoms with Crippen molar-refractivity contribution in [3.05, 3.63) is 41.0 Å². The molecule has 1 aromatic rings. The number of amides is 1. The zero-order chi connectivity index (χ0) is 15.2. The van der Waals surface area contributed by atoms with Crippen molar-refractivity contribution in [2.24, 2.45) is 5.92 Å². The normalized spacial score (nSPS) is 15.5. The monoisotopic (exact) mass is 287 g/mol. The van der Waals surface area contributed by atoms with Crippen LogP contribution in [0.3, 0.4) is 0 Å². The van der Waals surface area contributed by atoms with Crippen molar-refractivity contribution in [1.82, 2.24) is 5.32 Å². The maximum atomic E-state index is 12.1. The molecule has 4 nitrogen and oxygen atoms in total. The number of benzene rings is 1. The molecule has 0 heterocycles. The lowest BCUT2D eigenvalue weighted by atomic mass is 10.0. The highest BCUT2D eigenvalue weighted by Gasteiger charge is 2.16. The molecule has 0 unspecified atom stereocenters. The van der Waals surface area contributed by atoms with Gasteiger partial charge >= 0.3 is 5.97 Å². The van der Waals surface area contributed by atoms with E-state index in [0.717, 1.165) is 23.7 Å². The Balaban J connectivity index is 1.98. The molecule has 0 saturated heterocycles. The molecule has 1 amide bonds. The average Bonchev–Trinajstić information content (AvgIpc) is 2.96. The van der Waals surface area contributed by atoms with Gasteiger partial charge in [0.1, 0.15) is 0 Å². The fourth-order valence-electron chi connectivity index (χ4n) is 2.72. The van der Waals surface area contributed by atoms with E-state index in [-0.39, 0.29) is 5.91 Å². The minimum Gasteiger partial charge on any atom is -0.478 e. The lowest BCUT2D eigenvalue weighted by Gasteiger charge is -2.11. The Morgan fingerprint density at radius 2 is 2.05 bits per heavy atom. The van der Waals surface area contributed by atoms with Crippen LogP contribution >= 0.6 is 0 Å². The highest BCUT2D eigenvalue weighted by molar-refractivity contribution is 5.95. The first-order valence-electron chi connectivity index (χ1n) is 7.36. The molecular weight excluding hydrogens is 266 g/mol. The molecule has 21 heavy (non-hydrogen) atoms. The van der Waals surface area contributed by atoms with Crippen molar-refractivity contribution < 1.29 is 14.7 Å². The quantitative estimate of drug-likeness (QED) is 0.818. The van der Waals surface area contributed by atoms with Gasteiger partial charge in [0.05, 0.1) is 0 Å². The van der Waals surface area contributed by atoms with E-state index < -0.39 is 5.97 Å². The number of carboxylic acids is 1. The minimum absolute atomic E-state index is 0.0567. The van der Waals surface area contributed by atoms with Crippen LogP contribution in [0.1, 0.15) is 47.2 Å². The zero-order valence-corrected chi connectivity index (χ0v) is 12.3. The van der Waals surface area contributed by atoms with Crippen molar-refractivity contribution in [1.29, 1.82) is 0 Å². The van der Waals surface area contributed by atoms with Crippen LogP contribution in [-0.2, 0) is 4.79 Å². The van der Waals surface area contributed by atoms with Gasteiger partial charge in [-0.3, -0.25) is 4.79 Å². The van der Waals surface area contributed by atoms with Gasteiger partial charge in [-0.25, -0.2) is 4.79 Å². The molecule has 1 saturated carbocycles. The van der Waals surface area contributed by atoms with E-state index in [0.29, 0.717) is 11.5 Å². The topological polar surface area (TPSA) is 66.4 Å². The lowest BCUT2D eigenvalue weighted by molar-refractivity contribution is -0.131. The van der Waals surface area contributed by atoms with E-state index in [9.17, 15) is 9.59 Å². The van der Waals surface area contributed by atoms with E-state index in [1.807, 2.05) is 6.92 Å². The highest BCUT2D eigenvalue weighted by Crippen LogP contribution is 2.23. The van der Waals surface area contributed by atoms with Gasteiger partial charge in [-0.05, 0) is 55.0 Å². The standard InChI is InChI=1S/C17H21NO3/c1-12-10-15(7-6-14(12)8-9-16(19)20)17(21)18-11-13-4-2-3-5-13/h6-10,13H,2-5,11H2,1H3,(H,18,21)(H,19,20)/b9-8+. The number of carboxylic acid groups (broad SMARTS) is 1. The first-order chi connectivity index (χ1) is 10.1. The molecule has 2 N–H and O–H groups in total. The van der Waals surface area contributed by atoms with Crippen molar-refractivity contribution >= 4 is 18.0 Å². The summed E-state index contributed by atoms with van der Waals surface area (Å²) in [4.78, 5) is 22.6. The van der Waals surface area contributed by atoms with Gasteiger partial charge in [-0.2, -0.15) is 0 Å². The summed E-state index contributed by atoms with van der Waals surface area (Å²) in [6, 6.07) is 5.31. The van der Waals surface area contributed by atoms with Crippen LogP contribution in [0.15, 0.2) is 24.3 Å². The summed E-state index contributed by atoms with van der Waals surface area (Å²) in [5.74, 6) is -0.417. The van der Waals surface area contributed by atoms with Crippen LogP contribution in [0.2, 0.25) is 0 Å². The molecule has 0 atom stereocenters. The summed E-state index contributed by atoms with van der Waals surface area (Å²) in [6.07, 6.45) is 7.59.